The van der Waals surface area contributed by atoms with E-state index in [4.69, 9.17) is 4.52 Å². The van der Waals surface area contributed by atoms with Crippen LogP contribution < -0.4 is 0 Å². The van der Waals surface area contributed by atoms with Gasteiger partial charge in [-0.25, -0.2) is 4.79 Å². The standard InChI is InChI=1S/C18H23N5O2/c1-21-10-12-22(13-11-21)18(24)23-9-5-8-15(23)17-19-16(20-25-17)14-6-3-2-4-7-14/h2-4,6-7,15H,5,8-13H2,1H3/t15-/m0/s1. The fourth-order valence-corrected chi connectivity index (χ4v) is 3.51. The lowest BCUT2D eigenvalue weighted by molar-refractivity contribution is 0.113. The topological polar surface area (TPSA) is 65.7 Å². The Bertz CT molecular complexity index is 724. The van der Waals surface area contributed by atoms with Crippen molar-refractivity contribution in [3.8, 4) is 11.4 Å². The van der Waals surface area contributed by atoms with E-state index >= 15 is 0 Å². The summed E-state index contributed by atoms with van der Waals surface area (Å²) in [4.78, 5) is 23.5. The zero-order chi connectivity index (χ0) is 17.2. The third-order valence-electron chi connectivity index (χ3n) is 5.03. The number of piperazine rings is 1. The summed E-state index contributed by atoms with van der Waals surface area (Å²) in [6, 6.07) is 9.74. The number of urea groups is 1. The molecule has 1 aromatic heterocycles. The minimum absolute atomic E-state index is 0.0926. The highest BCUT2D eigenvalue weighted by Gasteiger charge is 2.36. The molecule has 0 aliphatic carbocycles. The number of likely N-dealkylation sites (tertiary alicyclic amines) is 1. The first-order valence-corrected chi connectivity index (χ1v) is 8.85. The Hall–Kier alpha value is -2.41. The van der Waals surface area contributed by atoms with E-state index in [2.05, 4.69) is 22.1 Å². The molecule has 7 heteroatoms. The van der Waals surface area contributed by atoms with E-state index in [0.717, 1.165) is 51.1 Å². The number of benzene rings is 1. The molecular formula is C18H23N5O2. The molecule has 2 amide bonds. The number of rotatable bonds is 2. The Balaban J connectivity index is 1.50. The Morgan fingerprint density at radius 2 is 1.88 bits per heavy atom. The molecule has 7 nitrogen and oxygen atoms in total. The average molecular weight is 341 g/mol. The van der Waals surface area contributed by atoms with Crippen molar-refractivity contribution in [2.75, 3.05) is 39.8 Å². The fourth-order valence-electron chi connectivity index (χ4n) is 3.51. The van der Waals surface area contributed by atoms with E-state index in [0.29, 0.717) is 11.7 Å². The number of amides is 2. The summed E-state index contributed by atoms with van der Waals surface area (Å²) < 4.78 is 5.51. The van der Waals surface area contributed by atoms with Gasteiger partial charge in [-0.2, -0.15) is 4.98 Å². The zero-order valence-electron chi connectivity index (χ0n) is 14.5. The molecule has 4 rings (SSSR count). The smallest absolute Gasteiger partial charge is 0.320 e. The highest BCUT2D eigenvalue weighted by atomic mass is 16.5. The summed E-state index contributed by atoms with van der Waals surface area (Å²) in [5, 5.41) is 4.10. The number of aromatic nitrogens is 2. The second-order valence-electron chi connectivity index (χ2n) is 6.75. The Morgan fingerprint density at radius 1 is 1.12 bits per heavy atom. The first-order chi connectivity index (χ1) is 12.2. The molecule has 25 heavy (non-hydrogen) atoms. The van der Waals surface area contributed by atoms with Gasteiger partial charge in [0.25, 0.3) is 0 Å². The number of hydrogen-bond donors (Lipinski definition) is 0. The van der Waals surface area contributed by atoms with E-state index < -0.39 is 0 Å². The van der Waals surface area contributed by atoms with Crippen LogP contribution in [-0.2, 0) is 0 Å². The molecule has 2 saturated heterocycles. The highest BCUT2D eigenvalue weighted by Crippen LogP contribution is 2.33. The Morgan fingerprint density at radius 3 is 2.64 bits per heavy atom. The van der Waals surface area contributed by atoms with Gasteiger partial charge in [0.05, 0.1) is 0 Å². The van der Waals surface area contributed by atoms with Crippen LogP contribution in [0.5, 0.6) is 0 Å². The third-order valence-corrected chi connectivity index (χ3v) is 5.03. The molecular weight excluding hydrogens is 318 g/mol. The number of carbonyl (C=O) groups excluding carboxylic acids is 1. The van der Waals surface area contributed by atoms with Crippen LogP contribution >= 0.6 is 0 Å². The van der Waals surface area contributed by atoms with Gasteiger partial charge in [-0.15, -0.1) is 0 Å². The Kier molecular flexibility index (Phi) is 4.40. The minimum atomic E-state index is -0.114. The van der Waals surface area contributed by atoms with E-state index in [-0.39, 0.29) is 12.1 Å². The molecule has 132 valence electrons. The lowest BCUT2D eigenvalue weighted by atomic mass is 10.2. The van der Waals surface area contributed by atoms with Gasteiger partial charge in [0.2, 0.25) is 11.7 Å². The van der Waals surface area contributed by atoms with Crippen molar-refractivity contribution < 1.29 is 9.32 Å². The summed E-state index contributed by atoms with van der Waals surface area (Å²) in [5.41, 5.74) is 0.924. The predicted octanol–water partition coefficient (Wildman–Crippen LogP) is 2.24. The molecule has 0 spiro atoms. The summed E-state index contributed by atoms with van der Waals surface area (Å²) in [6.07, 6.45) is 1.84. The predicted molar refractivity (Wildman–Crippen MR) is 92.9 cm³/mol. The molecule has 1 aromatic carbocycles. The van der Waals surface area contributed by atoms with Crippen molar-refractivity contribution in [3.05, 3.63) is 36.2 Å². The van der Waals surface area contributed by atoms with Gasteiger partial charge in [0.1, 0.15) is 6.04 Å². The summed E-state index contributed by atoms with van der Waals surface area (Å²) in [6.45, 7) is 4.14. The van der Waals surface area contributed by atoms with E-state index in [9.17, 15) is 4.79 Å². The molecule has 3 heterocycles. The minimum Gasteiger partial charge on any atom is -0.337 e. The summed E-state index contributed by atoms with van der Waals surface area (Å²) in [7, 11) is 2.09. The summed E-state index contributed by atoms with van der Waals surface area (Å²) in [5.74, 6) is 1.12. The van der Waals surface area contributed by atoms with Crippen molar-refractivity contribution in [3.63, 3.8) is 0 Å². The average Bonchev–Trinajstić information content (AvgIpc) is 3.32. The van der Waals surface area contributed by atoms with Gasteiger partial charge in [0, 0.05) is 38.3 Å². The van der Waals surface area contributed by atoms with Crippen LogP contribution in [0.1, 0.15) is 24.8 Å². The maximum Gasteiger partial charge on any atom is 0.320 e. The van der Waals surface area contributed by atoms with Crippen LogP contribution in [0.3, 0.4) is 0 Å². The Labute approximate surface area is 147 Å². The first kappa shape index (κ1) is 16.1. The second-order valence-corrected chi connectivity index (χ2v) is 6.75. The van der Waals surface area contributed by atoms with E-state index in [1.54, 1.807) is 0 Å². The van der Waals surface area contributed by atoms with Crippen LogP contribution in [0.2, 0.25) is 0 Å². The van der Waals surface area contributed by atoms with E-state index in [1.807, 2.05) is 40.1 Å². The number of hydrogen-bond acceptors (Lipinski definition) is 5. The van der Waals surface area contributed by atoms with Crippen LogP contribution in [0, 0.1) is 0 Å². The van der Waals surface area contributed by atoms with Gasteiger partial charge in [-0.1, -0.05) is 35.5 Å². The number of likely N-dealkylation sites (N-methyl/N-ethyl adjacent to an activating group) is 1. The van der Waals surface area contributed by atoms with Gasteiger partial charge in [-0.05, 0) is 19.9 Å². The highest BCUT2D eigenvalue weighted by molar-refractivity contribution is 5.75. The molecule has 1 atom stereocenters. The molecule has 0 unspecified atom stereocenters. The van der Waals surface area contributed by atoms with Crippen molar-refractivity contribution in [1.82, 2.24) is 24.8 Å². The molecule has 0 N–H and O–H groups in total. The van der Waals surface area contributed by atoms with Crippen LogP contribution in [0.25, 0.3) is 11.4 Å². The molecule has 2 aliphatic heterocycles. The van der Waals surface area contributed by atoms with Crippen LogP contribution in [-0.4, -0.2) is 70.6 Å². The van der Waals surface area contributed by atoms with Crippen molar-refractivity contribution in [2.24, 2.45) is 0 Å². The van der Waals surface area contributed by atoms with Gasteiger partial charge in [0.15, 0.2) is 0 Å². The number of carbonyl (C=O) groups is 1. The molecule has 0 radical (unpaired) electrons. The van der Waals surface area contributed by atoms with Crippen molar-refractivity contribution in [1.29, 1.82) is 0 Å². The third kappa shape index (κ3) is 3.24. The van der Waals surface area contributed by atoms with Crippen LogP contribution in [0.15, 0.2) is 34.9 Å². The number of nitrogens with zero attached hydrogens (tertiary/aromatic N) is 5. The SMILES string of the molecule is CN1CCN(C(=O)N2CCC[C@H]2c2nc(-c3ccccc3)no2)CC1. The van der Waals surface area contributed by atoms with Crippen molar-refractivity contribution >= 4 is 6.03 Å². The van der Waals surface area contributed by atoms with Gasteiger partial charge >= 0.3 is 6.03 Å². The van der Waals surface area contributed by atoms with E-state index in [1.165, 1.54) is 0 Å². The lowest BCUT2D eigenvalue weighted by Gasteiger charge is -2.36. The lowest BCUT2D eigenvalue weighted by Crippen LogP contribution is -2.51. The quantitative estimate of drug-likeness (QED) is 0.838. The molecule has 0 bridgehead atoms. The van der Waals surface area contributed by atoms with Gasteiger partial charge in [-0.3, -0.25) is 0 Å². The summed E-state index contributed by atoms with van der Waals surface area (Å²) >= 11 is 0. The maximum atomic E-state index is 12.9. The van der Waals surface area contributed by atoms with Crippen molar-refractivity contribution in [2.45, 2.75) is 18.9 Å². The normalized spacial score (nSPS) is 21.7. The zero-order valence-corrected chi connectivity index (χ0v) is 14.5. The first-order valence-electron chi connectivity index (χ1n) is 8.85. The molecule has 2 fully saturated rings. The maximum absolute atomic E-state index is 12.9. The largest absolute Gasteiger partial charge is 0.337 e. The molecule has 2 aromatic rings. The van der Waals surface area contributed by atoms with Crippen LogP contribution in [0.4, 0.5) is 4.79 Å². The monoisotopic (exact) mass is 341 g/mol. The van der Waals surface area contributed by atoms with Gasteiger partial charge < -0.3 is 19.2 Å². The second kappa shape index (κ2) is 6.84. The fraction of sp³-hybridized carbons (Fsp3) is 0.500. The molecule has 0 saturated carbocycles. The molecule has 2 aliphatic rings.